The van der Waals surface area contributed by atoms with Crippen molar-refractivity contribution >= 4 is 0 Å². The van der Waals surface area contributed by atoms with E-state index in [-0.39, 0.29) is 0 Å². The lowest BCUT2D eigenvalue weighted by Gasteiger charge is -2.33. The maximum Gasteiger partial charge on any atom is 0.0233 e. The van der Waals surface area contributed by atoms with E-state index in [9.17, 15) is 0 Å². The summed E-state index contributed by atoms with van der Waals surface area (Å²) in [4.78, 5) is 4.93. The van der Waals surface area contributed by atoms with E-state index in [1.54, 1.807) is 0 Å². The van der Waals surface area contributed by atoms with E-state index in [2.05, 4.69) is 53.5 Å². The van der Waals surface area contributed by atoms with Crippen molar-refractivity contribution in [3.8, 4) is 0 Å². The van der Waals surface area contributed by atoms with Crippen LogP contribution in [0.1, 0.15) is 24.0 Å². The van der Waals surface area contributed by atoms with Gasteiger partial charge in [-0.05, 0) is 77.1 Å². The predicted molar refractivity (Wildman–Crippen MR) is 90.6 cm³/mol. The van der Waals surface area contributed by atoms with Gasteiger partial charge in [0.15, 0.2) is 0 Å². The first-order chi connectivity index (χ1) is 10.2. The van der Waals surface area contributed by atoms with Gasteiger partial charge in [-0.25, -0.2) is 0 Å². The number of likely N-dealkylation sites (tertiary alicyclic amines) is 1. The van der Waals surface area contributed by atoms with Crippen LogP contribution in [-0.4, -0.2) is 57.1 Å². The number of hydrogen-bond acceptors (Lipinski definition) is 3. The smallest absolute Gasteiger partial charge is 0.0233 e. The van der Waals surface area contributed by atoms with Crippen LogP contribution >= 0.6 is 0 Å². The third-order valence-corrected chi connectivity index (χ3v) is 4.42. The molecule has 21 heavy (non-hydrogen) atoms. The summed E-state index contributed by atoms with van der Waals surface area (Å²) in [6.07, 6.45) is 3.81. The molecule has 1 saturated heterocycles. The second-order valence-electron chi connectivity index (χ2n) is 6.65. The SMILES string of the molecule is CNCCc1ccc(CN2CCC(CN(C)C)CC2)cc1. The molecule has 0 radical (unpaired) electrons. The quantitative estimate of drug-likeness (QED) is 0.830. The van der Waals surface area contributed by atoms with Gasteiger partial charge >= 0.3 is 0 Å². The number of hydrogen-bond donors (Lipinski definition) is 1. The van der Waals surface area contributed by atoms with Gasteiger partial charge in [-0.2, -0.15) is 0 Å². The average molecular weight is 289 g/mol. The number of rotatable bonds is 7. The van der Waals surface area contributed by atoms with E-state index < -0.39 is 0 Å². The Hall–Kier alpha value is -0.900. The first-order valence-electron chi connectivity index (χ1n) is 8.27. The Morgan fingerprint density at radius 3 is 2.29 bits per heavy atom. The minimum Gasteiger partial charge on any atom is -0.319 e. The van der Waals surface area contributed by atoms with E-state index in [0.717, 1.165) is 25.4 Å². The minimum absolute atomic E-state index is 0.889. The third-order valence-electron chi connectivity index (χ3n) is 4.42. The normalized spacial score (nSPS) is 17.5. The minimum atomic E-state index is 0.889. The lowest BCUT2D eigenvalue weighted by molar-refractivity contribution is 0.157. The monoisotopic (exact) mass is 289 g/mol. The number of benzene rings is 1. The zero-order chi connectivity index (χ0) is 15.1. The molecule has 3 nitrogen and oxygen atoms in total. The molecule has 0 spiro atoms. The number of piperidine rings is 1. The summed E-state index contributed by atoms with van der Waals surface area (Å²) in [5, 5.41) is 3.20. The van der Waals surface area contributed by atoms with Crippen molar-refractivity contribution in [3.63, 3.8) is 0 Å². The lowest BCUT2D eigenvalue weighted by atomic mass is 9.96. The van der Waals surface area contributed by atoms with Crippen LogP contribution in [0.4, 0.5) is 0 Å². The molecule has 0 unspecified atom stereocenters. The molecule has 118 valence electrons. The highest BCUT2D eigenvalue weighted by Gasteiger charge is 2.19. The van der Waals surface area contributed by atoms with Crippen LogP contribution in [0.25, 0.3) is 0 Å². The second kappa shape index (κ2) is 8.52. The number of nitrogens with one attached hydrogen (secondary N) is 1. The van der Waals surface area contributed by atoms with Crippen LogP contribution in [0.15, 0.2) is 24.3 Å². The Balaban J connectivity index is 1.75. The van der Waals surface area contributed by atoms with Gasteiger partial charge in [0, 0.05) is 13.1 Å². The largest absolute Gasteiger partial charge is 0.319 e. The van der Waals surface area contributed by atoms with Crippen LogP contribution in [0, 0.1) is 5.92 Å². The van der Waals surface area contributed by atoms with Gasteiger partial charge in [0.05, 0.1) is 0 Å². The Morgan fingerprint density at radius 2 is 1.71 bits per heavy atom. The van der Waals surface area contributed by atoms with Gasteiger partial charge in [0.2, 0.25) is 0 Å². The molecule has 2 rings (SSSR count). The zero-order valence-electron chi connectivity index (χ0n) is 13.9. The Morgan fingerprint density at radius 1 is 1.10 bits per heavy atom. The van der Waals surface area contributed by atoms with Crippen LogP contribution in [0.2, 0.25) is 0 Å². The lowest BCUT2D eigenvalue weighted by Crippen LogP contribution is -2.36. The average Bonchev–Trinajstić information content (AvgIpc) is 2.48. The van der Waals surface area contributed by atoms with Gasteiger partial charge in [0.25, 0.3) is 0 Å². The fourth-order valence-electron chi connectivity index (χ4n) is 3.18. The van der Waals surface area contributed by atoms with Gasteiger partial charge in [-0.15, -0.1) is 0 Å². The molecule has 1 aromatic carbocycles. The molecule has 1 aromatic rings. The molecule has 1 N–H and O–H groups in total. The molecule has 0 aliphatic carbocycles. The summed E-state index contributed by atoms with van der Waals surface area (Å²) in [6.45, 7) is 5.91. The standard InChI is InChI=1S/C18H31N3/c1-19-11-8-16-4-6-17(7-5-16)15-21-12-9-18(10-13-21)14-20(2)3/h4-7,18-19H,8-15H2,1-3H3. The van der Waals surface area contributed by atoms with Crippen LogP contribution < -0.4 is 5.32 Å². The van der Waals surface area contributed by atoms with Gasteiger partial charge in [-0.3, -0.25) is 4.90 Å². The summed E-state index contributed by atoms with van der Waals surface area (Å²) in [5.74, 6) is 0.889. The number of likely N-dealkylation sites (N-methyl/N-ethyl adjacent to an activating group) is 1. The highest BCUT2D eigenvalue weighted by atomic mass is 15.1. The summed E-state index contributed by atoms with van der Waals surface area (Å²) < 4.78 is 0. The van der Waals surface area contributed by atoms with E-state index >= 15 is 0 Å². The van der Waals surface area contributed by atoms with E-state index in [1.165, 1.54) is 43.6 Å². The molecule has 1 aliphatic rings. The van der Waals surface area contributed by atoms with Crippen molar-refractivity contribution in [2.45, 2.75) is 25.8 Å². The Kier molecular flexibility index (Phi) is 6.68. The molecular formula is C18H31N3. The molecule has 3 heteroatoms. The first kappa shape index (κ1) is 16.5. The van der Waals surface area contributed by atoms with Crippen molar-refractivity contribution in [2.75, 3.05) is 47.3 Å². The second-order valence-corrected chi connectivity index (χ2v) is 6.65. The summed E-state index contributed by atoms with van der Waals surface area (Å²) in [6, 6.07) is 9.17. The maximum absolute atomic E-state index is 3.20. The van der Waals surface area contributed by atoms with E-state index in [4.69, 9.17) is 0 Å². The van der Waals surface area contributed by atoms with Crippen LogP contribution in [-0.2, 0) is 13.0 Å². The van der Waals surface area contributed by atoms with Gasteiger partial charge in [0.1, 0.15) is 0 Å². The summed E-state index contributed by atoms with van der Waals surface area (Å²) >= 11 is 0. The van der Waals surface area contributed by atoms with Crippen molar-refractivity contribution in [3.05, 3.63) is 35.4 Å². The topological polar surface area (TPSA) is 18.5 Å². The molecule has 1 fully saturated rings. The highest BCUT2D eigenvalue weighted by Crippen LogP contribution is 2.19. The highest BCUT2D eigenvalue weighted by molar-refractivity contribution is 5.22. The van der Waals surface area contributed by atoms with Gasteiger partial charge < -0.3 is 10.2 Å². The zero-order valence-corrected chi connectivity index (χ0v) is 13.9. The van der Waals surface area contributed by atoms with Crippen molar-refractivity contribution in [2.24, 2.45) is 5.92 Å². The third kappa shape index (κ3) is 5.77. The fourth-order valence-corrected chi connectivity index (χ4v) is 3.18. The van der Waals surface area contributed by atoms with Crippen LogP contribution in [0.5, 0.6) is 0 Å². The van der Waals surface area contributed by atoms with Crippen molar-refractivity contribution < 1.29 is 0 Å². The van der Waals surface area contributed by atoms with E-state index in [1.807, 2.05) is 7.05 Å². The Bertz CT molecular complexity index is 391. The molecule has 0 atom stereocenters. The Labute approximate surface area is 130 Å². The summed E-state index contributed by atoms with van der Waals surface area (Å²) in [5.41, 5.74) is 2.88. The van der Waals surface area contributed by atoms with Gasteiger partial charge in [-0.1, -0.05) is 24.3 Å². The molecule has 1 heterocycles. The number of nitrogens with zero attached hydrogens (tertiary/aromatic N) is 2. The molecular weight excluding hydrogens is 258 g/mol. The summed E-state index contributed by atoms with van der Waals surface area (Å²) in [7, 11) is 6.37. The first-order valence-corrected chi connectivity index (χ1v) is 8.27. The van der Waals surface area contributed by atoms with Crippen LogP contribution in [0.3, 0.4) is 0 Å². The van der Waals surface area contributed by atoms with Crippen molar-refractivity contribution in [1.29, 1.82) is 0 Å². The molecule has 0 amide bonds. The molecule has 0 saturated carbocycles. The van der Waals surface area contributed by atoms with Crippen molar-refractivity contribution in [1.82, 2.24) is 15.1 Å². The van der Waals surface area contributed by atoms with E-state index in [0.29, 0.717) is 0 Å². The molecule has 1 aliphatic heterocycles. The maximum atomic E-state index is 3.20. The fraction of sp³-hybridized carbons (Fsp3) is 0.667. The molecule has 0 aromatic heterocycles. The predicted octanol–water partition coefficient (Wildman–Crippen LogP) is 2.22. The molecule has 0 bridgehead atoms.